The summed E-state index contributed by atoms with van der Waals surface area (Å²) in [5.41, 5.74) is 1.12. The van der Waals surface area contributed by atoms with E-state index < -0.39 is 18.3 Å². The van der Waals surface area contributed by atoms with E-state index in [1.54, 1.807) is 59.0 Å². The van der Waals surface area contributed by atoms with Gasteiger partial charge in [-0.3, -0.25) is 4.57 Å². The predicted molar refractivity (Wildman–Crippen MR) is 89.6 cm³/mol. The van der Waals surface area contributed by atoms with E-state index in [1.165, 1.54) is 10.6 Å². The van der Waals surface area contributed by atoms with E-state index >= 15 is 0 Å². The Morgan fingerprint density at radius 1 is 1.33 bits per heavy atom. The summed E-state index contributed by atoms with van der Waals surface area (Å²) < 4.78 is 36.7. The Labute approximate surface area is 139 Å². The summed E-state index contributed by atoms with van der Waals surface area (Å²) in [6.07, 6.45) is 4.46. The quantitative estimate of drug-likeness (QED) is 0.756. The van der Waals surface area contributed by atoms with Crippen LogP contribution in [0.25, 0.3) is 17.0 Å². The largest absolute Gasteiger partial charge is 0.443 e. The van der Waals surface area contributed by atoms with Gasteiger partial charge in [-0.15, -0.1) is 0 Å². The van der Waals surface area contributed by atoms with Crippen LogP contribution in [0, 0.1) is 6.92 Å². The zero-order chi connectivity index (χ0) is 18.1. The van der Waals surface area contributed by atoms with Crippen molar-refractivity contribution in [2.45, 2.75) is 46.8 Å². The molecule has 0 bridgehead atoms. The van der Waals surface area contributed by atoms with Crippen molar-refractivity contribution in [2.75, 3.05) is 0 Å². The molecule has 1 aromatic carbocycles. The maximum atomic E-state index is 12.7. The lowest BCUT2D eigenvalue weighted by Crippen LogP contribution is -2.26. The summed E-state index contributed by atoms with van der Waals surface area (Å²) in [5, 5.41) is 0.648. The number of fused-ring (bicyclic) bond motifs is 1. The van der Waals surface area contributed by atoms with Crippen LogP contribution in [-0.4, -0.2) is 22.9 Å². The fraction of sp³-hybridized carbons (Fsp3) is 0.389. The monoisotopic (exact) mass is 337 g/mol. The number of nitrogens with zero attached hydrogens (tertiary/aromatic N) is 1. The highest BCUT2D eigenvalue weighted by atomic mass is 19.3. The van der Waals surface area contributed by atoms with Gasteiger partial charge in [-0.05, 0) is 52.3 Å². The van der Waals surface area contributed by atoms with E-state index in [0.717, 1.165) is 0 Å². The van der Waals surface area contributed by atoms with Crippen LogP contribution < -0.4 is 4.74 Å². The molecule has 0 aliphatic heterocycles. The van der Waals surface area contributed by atoms with Gasteiger partial charge in [-0.1, -0.05) is 12.2 Å². The second kappa shape index (κ2) is 6.63. The fourth-order valence-electron chi connectivity index (χ4n) is 2.52. The molecule has 2 rings (SSSR count). The fourth-order valence-corrected chi connectivity index (χ4v) is 2.52. The lowest BCUT2D eigenvalue weighted by Gasteiger charge is -2.20. The minimum absolute atomic E-state index is 0.0787. The van der Waals surface area contributed by atoms with Crippen molar-refractivity contribution in [2.24, 2.45) is 0 Å². The minimum Gasteiger partial charge on any atom is -0.443 e. The Bertz CT molecular complexity index is 786. The molecule has 0 saturated heterocycles. The molecule has 1 aromatic heterocycles. The molecule has 130 valence electrons. The van der Waals surface area contributed by atoms with E-state index in [1.807, 2.05) is 0 Å². The molecule has 6 heteroatoms. The van der Waals surface area contributed by atoms with Gasteiger partial charge in [0.1, 0.15) is 11.4 Å². The van der Waals surface area contributed by atoms with Gasteiger partial charge in [-0.25, -0.2) is 4.79 Å². The van der Waals surface area contributed by atoms with Crippen LogP contribution in [0.4, 0.5) is 13.6 Å². The number of allylic oxidation sites excluding steroid dienone is 1. The molecule has 0 unspecified atom stereocenters. The maximum absolute atomic E-state index is 12.7. The number of hydrogen-bond acceptors (Lipinski definition) is 3. The van der Waals surface area contributed by atoms with Gasteiger partial charge in [0, 0.05) is 17.1 Å². The molecule has 0 saturated carbocycles. The average Bonchev–Trinajstić information content (AvgIpc) is 2.86. The predicted octanol–water partition coefficient (Wildman–Crippen LogP) is 5.37. The van der Waals surface area contributed by atoms with Gasteiger partial charge in [0.2, 0.25) is 0 Å². The molecule has 0 aliphatic rings. The molecule has 0 radical (unpaired) electrons. The number of ether oxygens (including phenoxy) is 2. The molecule has 0 fully saturated rings. The van der Waals surface area contributed by atoms with Crippen LogP contribution in [0.2, 0.25) is 0 Å². The minimum atomic E-state index is -2.92. The van der Waals surface area contributed by atoms with Crippen molar-refractivity contribution >= 4 is 23.1 Å². The molecule has 0 atom stereocenters. The second-order valence-electron chi connectivity index (χ2n) is 6.41. The number of carbonyl (C=O) groups is 1. The van der Waals surface area contributed by atoms with Crippen molar-refractivity contribution in [3.05, 3.63) is 35.5 Å². The number of alkyl halides is 2. The molecule has 2 aromatic rings. The first-order chi connectivity index (χ1) is 11.1. The normalized spacial score (nSPS) is 12.3. The Hall–Kier alpha value is -2.37. The van der Waals surface area contributed by atoms with Gasteiger partial charge in [-0.2, -0.15) is 8.78 Å². The van der Waals surface area contributed by atoms with Crippen molar-refractivity contribution in [3.63, 3.8) is 0 Å². The van der Waals surface area contributed by atoms with Crippen molar-refractivity contribution in [1.29, 1.82) is 0 Å². The highest BCUT2D eigenvalue weighted by Gasteiger charge is 2.22. The van der Waals surface area contributed by atoms with Gasteiger partial charge in [0.15, 0.2) is 0 Å². The number of aromatic nitrogens is 1. The van der Waals surface area contributed by atoms with E-state index in [9.17, 15) is 13.6 Å². The third-order valence-corrected chi connectivity index (χ3v) is 3.30. The lowest BCUT2D eigenvalue weighted by atomic mass is 10.0. The highest BCUT2D eigenvalue weighted by Crippen LogP contribution is 2.34. The summed E-state index contributed by atoms with van der Waals surface area (Å²) in [7, 11) is 0. The number of benzene rings is 1. The Kier molecular flexibility index (Phi) is 4.96. The smallest absolute Gasteiger partial charge is 0.419 e. The second-order valence-corrected chi connectivity index (χ2v) is 6.41. The first kappa shape index (κ1) is 18.0. The number of hydrogen-bond donors (Lipinski definition) is 0. The van der Waals surface area contributed by atoms with E-state index in [-0.39, 0.29) is 5.75 Å². The van der Waals surface area contributed by atoms with Gasteiger partial charge >= 0.3 is 12.7 Å². The third kappa shape index (κ3) is 3.75. The van der Waals surface area contributed by atoms with Gasteiger partial charge in [0.25, 0.3) is 0 Å². The highest BCUT2D eigenvalue weighted by molar-refractivity contribution is 5.98. The van der Waals surface area contributed by atoms with Crippen molar-refractivity contribution < 1.29 is 23.0 Å². The Morgan fingerprint density at radius 2 is 2.00 bits per heavy atom. The van der Waals surface area contributed by atoms with Crippen LogP contribution in [0.1, 0.15) is 38.8 Å². The van der Waals surface area contributed by atoms with Gasteiger partial charge in [0.05, 0.1) is 5.52 Å². The third-order valence-electron chi connectivity index (χ3n) is 3.30. The van der Waals surface area contributed by atoms with Gasteiger partial charge < -0.3 is 9.47 Å². The average molecular weight is 337 g/mol. The number of rotatable bonds is 3. The lowest BCUT2D eigenvalue weighted by molar-refractivity contribution is -0.0499. The molecule has 0 spiro atoms. The number of halogens is 2. The maximum Gasteiger partial charge on any atom is 0.419 e. The molecule has 1 heterocycles. The molecule has 0 N–H and O–H groups in total. The Balaban J connectivity index is 2.64. The van der Waals surface area contributed by atoms with E-state index in [4.69, 9.17) is 4.74 Å². The molecule has 0 aliphatic carbocycles. The molecule has 0 amide bonds. The topological polar surface area (TPSA) is 40.5 Å². The first-order valence-corrected chi connectivity index (χ1v) is 7.59. The molecule has 24 heavy (non-hydrogen) atoms. The van der Waals surface area contributed by atoms with Crippen LogP contribution in [0.3, 0.4) is 0 Å². The first-order valence-electron chi connectivity index (χ1n) is 7.59. The zero-order valence-electron chi connectivity index (χ0n) is 14.4. The summed E-state index contributed by atoms with van der Waals surface area (Å²) in [5.74, 6) is 0.0787. The molecular formula is C18H21F2NO3. The van der Waals surface area contributed by atoms with Crippen LogP contribution in [-0.2, 0) is 4.74 Å². The van der Waals surface area contributed by atoms with Crippen LogP contribution in [0.5, 0.6) is 5.75 Å². The summed E-state index contributed by atoms with van der Waals surface area (Å²) in [6.45, 7) is 5.94. The van der Waals surface area contributed by atoms with E-state index in [0.29, 0.717) is 22.0 Å². The standard InChI is InChI=1S/C18H21F2NO3/c1-6-7-12-13-8-9-21(17(22)24-18(3,4)5)15(13)11(2)10-14(12)23-16(19)20/h6-10,16H,1-5H3/b7-6-. The molecule has 4 nitrogen and oxygen atoms in total. The summed E-state index contributed by atoms with van der Waals surface area (Å²) in [6, 6.07) is 3.20. The van der Waals surface area contributed by atoms with Crippen molar-refractivity contribution in [3.8, 4) is 5.75 Å². The Morgan fingerprint density at radius 3 is 2.54 bits per heavy atom. The SMILES string of the molecule is C/C=C\c1c(OC(F)F)cc(C)c2c1ccn2C(=O)OC(C)(C)C. The van der Waals surface area contributed by atoms with Crippen LogP contribution in [0.15, 0.2) is 24.4 Å². The summed E-state index contributed by atoms with van der Waals surface area (Å²) in [4.78, 5) is 12.4. The van der Waals surface area contributed by atoms with Crippen LogP contribution >= 0.6 is 0 Å². The zero-order valence-corrected chi connectivity index (χ0v) is 14.4. The van der Waals surface area contributed by atoms with Crippen molar-refractivity contribution in [1.82, 2.24) is 4.57 Å². The summed E-state index contributed by atoms with van der Waals surface area (Å²) >= 11 is 0. The van der Waals surface area contributed by atoms with E-state index in [2.05, 4.69) is 4.74 Å². The molecular weight excluding hydrogens is 316 g/mol. The number of carbonyl (C=O) groups excluding carboxylic acids is 1. The number of aryl methyl sites for hydroxylation is 1.